The fourth-order valence-corrected chi connectivity index (χ4v) is 3.70. The van der Waals surface area contributed by atoms with E-state index in [2.05, 4.69) is 29.8 Å². The van der Waals surface area contributed by atoms with E-state index < -0.39 is 0 Å². The molecule has 0 saturated carbocycles. The molecule has 0 aliphatic rings. The Bertz CT molecular complexity index is 1370. The molecule has 0 radical (unpaired) electrons. The van der Waals surface area contributed by atoms with E-state index in [1.165, 1.54) is 0 Å². The van der Waals surface area contributed by atoms with Gasteiger partial charge in [0, 0.05) is 11.1 Å². The highest BCUT2D eigenvalue weighted by atomic mass is 32.2. The topological polar surface area (TPSA) is 134 Å². The number of nitrogen functional groups attached to an aromatic ring is 1. The van der Waals surface area contributed by atoms with E-state index in [4.69, 9.17) is 11.0 Å². The number of anilines is 1. The third-order valence-corrected chi connectivity index (χ3v) is 5.75. The summed E-state index contributed by atoms with van der Waals surface area (Å²) in [5, 5.41) is 41.3. The molecule has 0 aliphatic carbocycles. The number of phenols is 1. The summed E-state index contributed by atoms with van der Waals surface area (Å²) in [4.78, 5) is 0.375. The summed E-state index contributed by atoms with van der Waals surface area (Å²) in [6.07, 6.45) is 0. The van der Waals surface area contributed by atoms with Crippen molar-refractivity contribution in [2.45, 2.75) is 18.7 Å². The van der Waals surface area contributed by atoms with Gasteiger partial charge in [-0.3, -0.25) is 0 Å². The molecule has 4 aromatic rings. The van der Waals surface area contributed by atoms with Crippen molar-refractivity contribution in [1.29, 1.82) is 0 Å². The highest BCUT2D eigenvalue weighted by molar-refractivity contribution is 7.94. The van der Waals surface area contributed by atoms with Gasteiger partial charge in [-0.2, -0.15) is 15.3 Å². The molecule has 0 fully saturated rings. The molecule has 4 N–H and O–H groups in total. The third kappa shape index (κ3) is 5.21. The quantitative estimate of drug-likeness (QED) is 0.0814. The molecular formula is C24H21N5O4S. The van der Waals surface area contributed by atoms with Crippen LogP contribution in [0.25, 0.3) is 10.8 Å². The number of phenolic OH excluding ortho intramolecular Hbond substituents is 1. The zero-order valence-corrected chi connectivity index (χ0v) is 19.2. The Morgan fingerprint density at radius 3 is 1.91 bits per heavy atom. The normalized spacial score (nSPS) is 11.7. The van der Waals surface area contributed by atoms with Gasteiger partial charge in [-0.25, -0.2) is 5.26 Å². The molecular weight excluding hydrogens is 454 g/mol. The van der Waals surface area contributed by atoms with Gasteiger partial charge in [-0.05, 0) is 79.4 Å². The zero-order valence-electron chi connectivity index (χ0n) is 18.3. The van der Waals surface area contributed by atoms with Gasteiger partial charge < -0.3 is 10.8 Å². The lowest BCUT2D eigenvalue weighted by molar-refractivity contribution is -0.432. The highest BCUT2D eigenvalue weighted by Gasteiger charge is 2.17. The van der Waals surface area contributed by atoms with Crippen molar-refractivity contribution < 1.29 is 19.7 Å². The van der Waals surface area contributed by atoms with Crippen LogP contribution in [0.1, 0.15) is 11.1 Å². The van der Waals surface area contributed by atoms with Crippen LogP contribution in [-0.4, -0.2) is 10.4 Å². The third-order valence-electron chi connectivity index (χ3n) is 5.13. The first kappa shape index (κ1) is 23.3. The summed E-state index contributed by atoms with van der Waals surface area (Å²) in [7, 11) is 0. The smallest absolute Gasteiger partial charge is 0.152 e. The highest BCUT2D eigenvalue weighted by Crippen LogP contribution is 2.45. The van der Waals surface area contributed by atoms with Crippen molar-refractivity contribution in [2.24, 2.45) is 20.5 Å². The summed E-state index contributed by atoms with van der Waals surface area (Å²) >= 11 is 0.679. The van der Waals surface area contributed by atoms with Crippen LogP contribution in [0.4, 0.5) is 28.4 Å². The second-order valence-electron chi connectivity index (χ2n) is 7.42. The van der Waals surface area contributed by atoms with E-state index >= 15 is 0 Å². The maximum absolute atomic E-state index is 10.9. The minimum atomic E-state index is -0.100. The number of aromatic hydroxyl groups is 1. The van der Waals surface area contributed by atoms with Crippen molar-refractivity contribution in [3.63, 3.8) is 0 Å². The molecule has 10 heteroatoms. The zero-order chi connectivity index (χ0) is 24.1. The SMILES string of the molecule is Cc1ccc(N=Nc2ccc(N=Nc3c(SOOO)cc4c(C)c(N)ccc4c3O)cc2)cc1. The summed E-state index contributed by atoms with van der Waals surface area (Å²) in [6, 6.07) is 19.9. The number of hydrogen-bond acceptors (Lipinski definition) is 10. The molecule has 0 heterocycles. The van der Waals surface area contributed by atoms with E-state index in [-0.39, 0.29) is 11.4 Å². The molecule has 0 aromatic heterocycles. The minimum Gasteiger partial charge on any atom is -0.505 e. The molecule has 0 aliphatic heterocycles. The Kier molecular flexibility index (Phi) is 7.14. The van der Waals surface area contributed by atoms with Gasteiger partial charge in [-0.15, -0.1) is 9.45 Å². The number of aryl methyl sites for hydroxylation is 2. The van der Waals surface area contributed by atoms with Gasteiger partial charge >= 0.3 is 0 Å². The van der Waals surface area contributed by atoms with Crippen molar-refractivity contribution in [3.8, 4) is 5.75 Å². The van der Waals surface area contributed by atoms with Crippen LogP contribution in [-0.2, 0) is 9.37 Å². The van der Waals surface area contributed by atoms with Crippen molar-refractivity contribution >= 4 is 51.3 Å². The number of hydrogen-bond donors (Lipinski definition) is 3. The van der Waals surface area contributed by atoms with Gasteiger partial charge in [0.25, 0.3) is 0 Å². The monoisotopic (exact) mass is 475 g/mol. The van der Waals surface area contributed by atoms with E-state index in [9.17, 15) is 5.11 Å². The van der Waals surface area contributed by atoms with E-state index in [1.807, 2.05) is 38.1 Å². The number of nitrogens with zero attached hydrogens (tertiary/aromatic N) is 4. The molecule has 172 valence electrons. The van der Waals surface area contributed by atoms with Crippen LogP contribution in [0.2, 0.25) is 0 Å². The number of fused-ring (bicyclic) bond motifs is 1. The summed E-state index contributed by atoms with van der Waals surface area (Å²) in [5.41, 5.74) is 10.6. The van der Waals surface area contributed by atoms with Crippen LogP contribution < -0.4 is 5.73 Å². The lowest BCUT2D eigenvalue weighted by Gasteiger charge is -2.12. The molecule has 34 heavy (non-hydrogen) atoms. The van der Waals surface area contributed by atoms with Crippen molar-refractivity contribution in [3.05, 3.63) is 77.9 Å². The van der Waals surface area contributed by atoms with Gasteiger partial charge in [0.15, 0.2) is 5.75 Å². The van der Waals surface area contributed by atoms with Crippen LogP contribution in [0.15, 0.2) is 92.1 Å². The maximum atomic E-state index is 10.9. The second kappa shape index (κ2) is 10.4. The first-order valence-corrected chi connectivity index (χ1v) is 10.9. The summed E-state index contributed by atoms with van der Waals surface area (Å²) in [6.45, 7) is 3.85. The fraction of sp³-hybridized carbons (Fsp3) is 0.0833. The Morgan fingerprint density at radius 1 is 0.765 bits per heavy atom. The van der Waals surface area contributed by atoms with Crippen LogP contribution >= 0.6 is 12.0 Å². The van der Waals surface area contributed by atoms with E-state index in [1.54, 1.807) is 42.5 Å². The molecule has 0 bridgehead atoms. The number of azo groups is 2. The predicted octanol–water partition coefficient (Wildman–Crippen LogP) is 8.00. The molecule has 0 atom stereocenters. The fourth-order valence-electron chi connectivity index (χ4n) is 3.21. The Morgan fingerprint density at radius 2 is 1.32 bits per heavy atom. The van der Waals surface area contributed by atoms with Gasteiger partial charge in [0.05, 0.1) is 34.0 Å². The van der Waals surface area contributed by atoms with Crippen LogP contribution in [0.3, 0.4) is 0 Å². The first-order chi connectivity index (χ1) is 16.5. The number of rotatable bonds is 7. The van der Waals surface area contributed by atoms with E-state index in [0.717, 1.165) is 16.8 Å². The molecule has 4 rings (SSSR count). The summed E-state index contributed by atoms with van der Waals surface area (Å²) < 4.78 is 4.58. The number of benzene rings is 4. The lowest BCUT2D eigenvalue weighted by atomic mass is 10.0. The largest absolute Gasteiger partial charge is 0.505 e. The van der Waals surface area contributed by atoms with Gasteiger partial charge in [-0.1, -0.05) is 22.7 Å². The minimum absolute atomic E-state index is 0.100. The number of nitrogens with two attached hydrogens (primary N) is 1. The lowest BCUT2D eigenvalue weighted by Crippen LogP contribution is -1.91. The van der Waals surface area contributed by atoms with Gasteiger partial charge in [0.2, 0.25) is 0 Å². The first-order valence-electron chi connectivity index (χ1n) is 10.2. The Balaban J connectivity index is 1.61. The predicted molar refractivity (Wildman–Crippen MR) is 131 cm³/mol. The summed E-state index contributed by atoms with van der Waals surface area (Å²) in [5.74, 6) is -0.100. The van der Waals surface area contributed by atoms with E-state index in [0.29, 0.717) is 44.8 Å². The molecule has 9 nitrogen and oxygen atoms in total. The Hall–Kier alpha value is -3.83. The van der Waals surface area contributed by atoms with Crippen LogP contribution in [0, 0.1) is 13.8 Å². The maximum Gasteiger partial charge on any atom is 0.152 e. The average Bonchev–Trinajstić information content (AvgIpc) is 2.85. The molecule has 4 aromatic carbocycles. The van der Waals surface area contributed by atoms with Crippen molar-refractivity contribution in [2.75, 3.05) is 5.73 Å². The van der Waals surface area contributed by atoms with Gasteiger partial charge in [0.1, 0.15) is 5.69 Å². The standard InChI is InChI=1S/C24H21N5O4S/c1-14-3-5-16(6-4-14)26-27-17-7-9-18(10-8-17)28-29-23-22(34-33-32-31)13-20-15(2)21(25)12-11-19(20)24(23)30/h3-13,30-31H,25H2,1-2H3. The van der Waals surface area contributed by atoms with Crippen LogP contribution in [0.5, 0.6) is 5.75 Å². The average molecular weight is 476 g/mol. The molecule has 0 unspecified atom stereocenters. The Labute approximate surface area is 199 Å². The molecule has 0 amide bonds. The van der Waals surface area contributed by atoms with Crippen molar-refractivity contribution in [1.82, 2.24) is 0 Å². The second-order valence-corrected chi connectivity index (χ2v) is 8.17. The molecule has 0 spiro atoms. The molecule has 0 saturated heterocycles.